The van der Waals surface area contributed by atoms with Crippen molar-refractivity contribution in [3.05, 3.63) is 23.3 Å². The van der Waals surface area contributed by atoms with Crippen molar-refractivity contribution in [2.45, 2.75) is 19.0 Å². The van der Waals surface area contributed by atoms with E-state index in [1.807, 2.05) is 38.1 Å². The lowest BCUT2D eigenvalue weighted by Crippen LogP contribution is -2.40. The number of likely N-dealkylation sites (N-methyl/N-ethyl adjacent to an activating group) is 1. The molecule has 0 fully saturated rings. The van der Waals surface area contributed by atoms with Crippen LogP contribution >= 0.6 is 0 Å². The number of aliphatic hydroxyl groups is 1. The average molecular weight is 268 g/mol. The number of methoxy groups -OCH3 is 2. The number of nitrogens with zero attached hydrogens (tertiary/aromatic N) is 1. The summed E-state index contributed by atoms with van der Waals surface area (Å²) in [7, 11) is 7.11. The van der Waals surface area contributed by atoms with Crippen LogP contribution in [0.2, 0.25) is 0 Å². The van der Waals surface area contributed by atoms with E-state index in [9.17, 15) is 5.11 Å². The summed E-state index contributed by atoms with van der Waals surface area (Å²) in [5.41, 5.74) is 8.04. The van der Waals surface area contributed by atoms with Gasteiger partial charge in [0.25, 0.3) is 0 Å². The second-order valence-corrected chi connectivity index (χ2v) is 4.82. The molecule has 0 amide bonds. The minimum absolute atomic E-state index is 0.0858. The maximum absolute atomic E-state index is 9.35. The predicted octanol–water partition coefficient (Wildman–Crippen LogP) is 0.935. The Balaban J connectivity index is 3.37. The van der Waals surface area contributed by atoms with Crippen molar-refractivity contribution in [3.8, 4) is 11.5 Å². The van der Waals surface area contributed by atoms with Gasteiger partial charge in [-0.25, -0.2) is 0 Å². The number of ether oxygens (including phenoxy) is 2. The summed E-state index contributed by atoms with van der Waals surface area (Å²) < 4.78 is 10.7. The number of aryl methyl sites for hydroxylation is 1. The zero-order valence-electron chi connectivity index (χ0n) is 12.3. The minimum Gasteiger partial charge on any atom is -0.497 e. The number of hydrogen-bond donors (Lipinski definition) is 2. The fourth-order valence-electron chi connectivity index (χ4n) is 2.35. The second kappa shape index (κ2) is 6.75. The molecule has 0 radical (unpaired) electrons. The average Bonchev–Trinajstić information content (AvgIpc) is 2.39. The van der Waals surface area contributed by atoms with E-state index in [-0.39, 0.29) is 18.7 Å². The van der Waals surface area contributed by atoms with Gasteiger partial charge in [-0.05, 0) is 32.6 Å². The summed E-state index contributed by atoms with van der Waals surface area (Å²) in [6, 6.07) is 3.28. The third kappa shape index (κ3) is 3.37. The number of aliphatic hydroxyl groups excluding tert-OH is 1. The van der Waals surface area contributed by atoms with E-state index in [1.54, 1.807) is 14.2 Å². The molecule has 5 heteroatoms. The van der Waals surface area contributed by atoms with Gasteiger partial charge in [-0.1, -0.05) is 0 Å². The fraction of sp³-hybridized carbons (Fsp3) is 0.571. The fourth-order valence-corrected chi connectivity index (χ4v) is 2.35. The summed E-state index contributed by atoms with van der Waals surface area (Å²) in [5, 5.41) is 9.35. The lowest BCUT2D eigenvalue weighted by Gasteiger charge is -2.31. The summed E-state index contributed by atoms with van der Waals surface area (Å²) in [6.07, 6.45) is 0. The van der Waals surface area contributed by atoms with Crippen LogP contribution in [0.1, 0.15) is 17.2 Å². The number of nitrogens with two attached hydrogens (primary N) is 1. The van der Waals surface area contributed by atoms with Crippen LogP contribution in [0.15, 0.2) is 12.1 Å². The maximum atomic E-state index is 9.35. The van der Waals surface area contributed by atoms with Crippen LogP contribution < -0.4 is 15.2 Å². The molecule has 0 heterocycles. The van der Waals surface area contributed by atoms with Gasteiger partial charge in [0, 0.05) is 17.7 Å². The molecule has 0 aliphatic heterocycles. The SMILES string of the molecule is COc1cc(C)c(C(C(N)CO)N(C)C)c(OC)c1. The highest BCUT2D eigenvalue weighted by Crippen LogP contribution is 2.36. The first-order valence-corrected chi connectivity index (χ1v) is 6.21. The summed E-state index contributed by atoms with van der Waals surface area (Å²) >= 11 is 0. The largest absolute Gasteiger partial charge is 0.497 e. The molecule has 1 aromatic carbocycles. The van der Waals surface area contributed by atoms with Crippen molar-refractivity contribution in [2.24, 2.45) is 5.73 Å². The standard InChI is InChI=1S/C14H24N2O3/c1-9-6-10(18-4)7-12(19-5)13(9)14(16(2)3)11(15)8-17/h6-7,11,14,17H,8,15H2,1-5H3. The van der Waals surface area contributed by atoms with Crippen molar-refractivity contribution >= 4 is 0 Å². The Kier molecular flexibility index (Phi) is 5.60. The molecule has 0 bridgehead atoms. The maximum Gasteiger partial charge on any atom is 0.127 e. The zero-order chi connectivity index (χ0) is 14.6. The molecular weight excluding hydrogens is 244 g/mol. The van der Waals surface area contributed by atoms with Gasteiger partial charge in [0.1, 0.15) is 11.5 Å². The summed E-state index contributed by atoms with van der Waals surface area (Å²) in [6.45, 7) is 1.90. The molecule has 0 aliphatic carbocycles. The highest BCUT2D eigenvalue weighted by atomic mass is 16.5. The molecule has 1 aromatic rings. The molecule has 19 heavy (non-hydrogen) atoms. The number of hydrogen-bond acceptors (Lipinski definition) is 5. The Morgan fingerprint density at radius 1 is 1.26 bits per heavy atom. The first kappa shape index (κ1) is 15.8. The molecule has 2 atom stereocenters. The van der Waals surface area contributed by atoms with Gasteiger partial charge in [-0.15, -0.1) is 0 Å². The van der Waals surface area contributed by atoms with Crippen LogP contribution in [-0.4, -0.2) is 51.0 Å². The molecule has 5 nitrogen and oxygen atoms in total. The van der Waals surface area contributed by atoms with Crippen LogP contribution in [0.3, 0.4) is 0 Å². The highest BCUT2D eigenvalue weighted by molar-refractivity contribution is 5.48. The molecule has 1 rings (SSSR count). The van der Waals surface area contributed by atoms with Crippen molar-refractivity contribution in [1.29, 1.82) is 0 Å². The van der Waals surface area contributed by atoms with Gasteiger partial charge in [0.15, 0.2) is 0 Å². The molecular formula is C14H24N2O3. The zero-order valence-corrected chi connectivity index (χ0v) is 12.3. The molecule has 2 unspecified atom stereocenters. The Bertz CT molecular complexity index is 421. The van der Waals surface area contributed by atoms with Crippen LogP contribution in [-0.2, 0) is 0 Å². The Morgan fingerprint density at radius 2 is 1.89 bits per heavy atom. The number of benzene rings is 1. The first-order chi connectivity index (χ1) is 8.96. The third-order valence-electron chi connectivity index (χ3n) is 3.25. The van der Waals surface area contributed by atoms with Crippen molar-refractivity contribution in [2.75, 3.05) is 34.9 Å². The van der Waals surface area contributed by atoms with Crippen LogP contribution in [0.25, 0.3) is 0 Å². The molecule has 3 N–H and O–H groups in total. The molecule has 0 aliphatic rings. The van der Waals surface area contributed by atoms with Crippen LogP contribution in [0.4, 0.5) is 0 Å². The van der Waals surface area contributed by atoms with E-state index in [0.29, 0.717) is 0 Å². The smallest absolute Gasteiger partial charge is 0.127 e. The van der Waals surface area contributed by atoms with Gasteiger partial charge in [0.05, 0.1) is 26.9 Å². The van der Waals surface area contributed by atoms with E-state index in [1.165, 1.54) is 0 Å². The van der Waals surface area contributed by atoms with Crippen molar-refractivity contribution in [1.82, 2.24) is 4.90 Å². The second-order valence-electron chi connectivity index (χ2n) is 4.82. The molecule has 0 saturated carbocycles. The van der Waals surface area contributed by atoms with Gasteiger partial charge in [-0.2, -0.15) is 0 Å². The van der Waals surface area contributed by atoms with Crippen LogP contribution in [0.5, 0.6) is 11.5 Å². The van der Waals surface area contributed by atoms with Gasteiger partial charge in [0.2, 0.25) is 0 Å². The summed E-state index contributed by atoms with van der Waals surface area (Å²) in [5.74, 6) is 1.47. The van der Waals surface area contributed by atoms with Crippen molar-refractivity contribution in [3.63, 3.8) is 0 Å². The van der Waals surface area contributed by atoms with E-state index < -0.39 is 0 Å². The summed E-state index contributed by atoms with van der Waals surface area (Å²) in [4.78, 5) is 1.98. The first-order valence-electron chi connectivity index (χ1n) is 6.21. The third-order valence-corrected chi connectivity index (χ3v) is 3.25. The minimum atomic E-state index is -0.379. The topological polar surface area (TPSA) is 68.0 Å². The van der Waals surface area contributed by atoms with Crippen molar-refractivity contribution < 1.29 is 14.6 Å². The van der Waals surface area contributed by atoms with Gasteiger partial charge in [-0.3, -0.25) is 0 Å². The Morgan fingerprint density at radius 3 is 2.32 bits per heavy atom. The molecule has 0 aromatic heterocycles. The molecule has 0 spiro atoms. The highest BCUT2D eigenvalue weighted by Gasteiger charge is 2.27. The monoisotopic (exact) mass is 268 g/mol. The molecule has 108 valence electrons. The van der Waals surface area contributed by atoms with E-state index in [2.05, 4.69) is 0 Å². The van der Waals surface area contributed by atoms with E-state index >= 15 is 0 Å². The Labute approximate surface area is 114 Å². The number of rotatable bonds is 6. The predicted molar refractivity (Wildman–Crippen MR) is 75.8 cm³/mol. The lowest BCUT2D eigenvalue weighted by atomic mass is 9.93. The quantitative estimate of drug-likeness (QED) is 0.803. The molecule has 0 saturated heterocycles. The Hall–Kier alpha value is -1.30. The van der Waals surface area contributed by atoms with Gasteiger partial charge < -0.3 is 25.2 Å². The van der Waals surface area contributed by atoms with E-state index in [0.717, 1.165) is 22.6 Å². The van der Waals surface area contributed by atoms with E-state index in [4.69, 9.17) is 15.2 Å². The lowest BCUT2D eigenvalue weighted by molar-refractivity contribution is 0.178. The normalized spacial score (nSPS) is 14.3. The van der Waals surface area contributed by atoms with Crippen LogP contribution in [0, 0.1) is 6.92 Å². The van der Waals surface area contributed by atoms with Gasteiger partial charge >= 0.3 is 0 Å².